The summed E-state index contributed by atoms with van der Waals surface area (Å²) in [6, 6.07) is 18.3. The van der Waals surface area contributed by atoms with Gasteiger partial charge in [0, 0.05) is 31.3 Å². The Balaban J connectivity index is 2.23. The van der Waals surface area contributed by atoms with Crippen molar-refractivity contribution in [2.24, 2.45) is 0 Å². The van der Waals surface area contributed by atoms with Crippen LogP contribution in [0.15, 0.2) is 54.6 Å². The molecule has 0 bridgehead atoms. The minimum atomic E-state index is -0.0546. The molecule has 0 spiro atoms. The van der Waals surface area contributed by atoms with E-state index >= 15 is 0 Å². The van der Waals surface area contributed by atoms with Crippen molar-refractivity contribution in [1.82, 2.24) is 0 Å². The largest absolute Gasteiger partial charge is 0.507 e. The number of aromatic hydroxyl groups is 2. The molecule has 0 radical (unpaired) electrons. The minimum Gasteiger partial charge on any atom is -0.507 e. The van der Waals surface area contributed by atoms with E-state index in [2.05, 4.69) is 12.1 Å². The number of benzene rings is 3. The second-order valence-electron chi connectivity index (χ2n) is 7.40. The first-order valence-electron chi connectivity index (χ1n) is 9.63. The molecule has 152 valence electrons. The number of aryl methyl sites for hydroxylation is 2. The number of methoxy groups -OCH3 is 2. The molecule has 2 N–H and O–H groups in total. The lowest BCUT2D eigenvalue weighted by molar-refractivity contribution is 0.181. The van der Waals surface area contributed by atoms with Crippen LogP contribution in [0.2, 0.25) is 0 Å². The summed E-state index contributed by atoms with van der Waals surface area (Å²) < 4.78 is 10.6. The summed E-state index contributed by atoms with van der Waals surface area (Å²) in [7, 11) is 3.24. The number of ether oxygens (including phenoxy) is 2. The second kappa shape index (κ2) is 9.12. The molecule has 3 aromatic rings. The number of hydrogen-bond acceptors (Lipinski definition) is 4. The van der Waals surface area contributed by atoms with E-state index in [-0.39, 0.29) is 17.4 Å². The lowest BCUT2D eigenvalue weighted by Crippen LogP contribution is -2.07. The molecule has 3 aromatic carbocycles. The van der Waals surface area contributed by atoms with Crippen LogP contribution in [0.4, 0.5) is 0 Å². The quantitative estimate of drug-likeness (QED) is 0.544. The van der Waals surface area contributed by atoms with Crippen molar-refractivity contribution in [3.05, 3.63) is 93.5 Å². The molecule has 4 nitrogen and oxygen atoms in total. The fraction of sp³-hybridized carbons (Fsp3) is 0.280. The zero-order valence-electron chi connectivity index (χ0n) is 17.4. The molecule has 29 heavy (non-hydrogen) atoms. The Labute approximate surface area is 172 Å². The first-order chi connectivity index (χ1) is 14.0. The molecule has 0 aliphatic rings. The van der Waals surface area contributed by atoms with Crippen LogP contribution in [0.1, 0.15) is 44.9 Å². The highest BCUT2D eigenvalue weighted by Crippen LogP contribution is 2.38. The summed E-state index contributed by atoms with van der Waals surface area (Å²) in [4.78, 5) is 0. The van der Waals surface area contributed by atoms with Gasteiger partial charge in [-0.15, -0.1) is 0 Å². The molecule has 0 aliphatic heterocycles. The number of phenols is 2. The van der Waals surface area contributed by atoms with Crippen molar-refractivity contribution >= 4 is 0 Å². The van der Waals surface area contributed by atoms with Gasteiger partial charge < -0.3 is 19.7 Å². The molecule has 0 unspecified atom stereocenters. The predicted octanol–water partition coefficient (Wildman–Crippen LogP) is 5.19. The first kappa shape index (κ1) is 20.9. The van der Waals surface area contributed by atoms with Gasteiger partial charge in [0.2, 0.25) is 0 Å². The standard InChI is InChI=1S/C25H28O4/c1-16-10-19(12-21(14-28-3)24(16)26)23(18-8-6-5-7-9-18)20-11-17(2)25(27)22(13-20)15-29-4/h5-13,23,26-27H,14-15H2,1-4H3. The Morgan fingerprint density at radius 3 is 1.55 bits per heavy atom. The van der Waals surface area contributed by atoms with Gasteiger partial charge in [-0.1, -0.05) is 42.5 Å². The average molecular weight is 392 g/mol. The van der Waals surface area contributed by atoms with E-state index < -0.39 is 0 Å². The summed E-state index contributed by atoms with van der Waals surface area (Å²) in [5.41, 5.74) is 6.40. The maximum Gasteiger partial charge on any atom is 0.124 e. The number of phenolic OH excluding ortho intramolecular Hbond substituents is 2. The molecule has 0 atom stereocenters. The highest BCUT2D eigenvalue weighted by atomic mass is 16.5. The van der Waals surface area contributed by atoms with Crippen molar-refractivity contribution in [2.75, 3.05) is 14.2 Å². The highest BCUT2D eigenvalue weighted by molar-refractivity contribution is 5.53. The Bertz CT molecular complexity index is 918. The molecule has 4 heteroatoms. The third-order valence-corrected chi connectivity index (χ3v) is 5.20. The van der Waals surface area contributed by atoms with Crippen LogP contribution in [0.3, 0.4) is 0 Å². The number of hydrogen-bond donors (Lipinski definition) is 2. The zero-order valence-corrected chi connectivity index (χ0v) is 17.4. The van der Waals surface area contributed by atoms with Crippen LogP contribution in [0.25, 0.3) is 0 Å². The predicted molar refractivity (Wildman–Crippen MR) is 115 cm³/mol. The zero-order chi connectivity index (χ0) is 21.0. The number of rotatable bonds is 7. The smallest absolute Gasteiger partial charge is 0.124 e. The minimum absolute atomic E-state index is 0.0546. The van der Waals surface area contributed by atoms with Crippen molar-refractivity contribution in [1.29, 1.82) is 0 Å². The molecular weight excluding hydrogens is 364 g/mol. The van der Waals surface area contributed by atoms with E-state index in [1.165, 1.54) is 0 Å². The fourth-order valence-corrected chi connectivity index (χ4v) is 3.85. The molecule has 0 aromatic heterocycles. The fourth-order valence-electron chi connectivity index (χ4n) is 3.85. The summed E-state index contributed by atoms with van der Waals surface area (Å²) in [6.45, 7) is 4.48. The van der Waals surface area contributed by atoms with E-state index in [1.54, 1.807) is 14.2 Å². The van der Waals surface area contributed by atoms with E-state index in [0.717, 1.165) is 38.9 Å². The maximum atomic E-state index is 10.4. The Morgan fingerprint density at radius 1 is 0.690 bits per heavy atom. The lowest BCUT2D eigenvalue weighted by atomic mass is 9.82. The van der Waals surface area contributed by atoms with Gasteiger partial charge in [-0.2, -0.15) is 0 Å². The molecular formula is C25H28O4. The van der Waals surface area contributed by atoms with E-state index in [0.29, 0.717) is 13.2 Å². The van der Waals surface area contributed by atoms with Crippen molar-refractivity contribution in [3.8, 4) is 11.5 Å². The van der Waals surface area contributed by atoms with Crippen LogP contribution >= 0.6 is 0 Å². The van der Waals surface area contributed by atoms with Crippen molar-refractivity contribution in [3.63, 3.8) is 0 Å². The summed E-state index contributed by atoms with van der Waals surface area (Å²) in [5, 5.41) is 20.9. The Hall–Kier alpha value is -2.82. The van der Waals surface area contributed by atoms with Gasteiger partial charge in [0.25, 0.3) is 0 Å². The van der Waals surface area contributed by atoms with Crippen LogP contribution in [-0.2, 0) is 22.7 Å². The summed E-state index contributed by atoms with van der Waals surface area (Å²) in [5.74, 6) is 0.481. The molecule has 0 saturated carbocycles. The highest BCUT2D eigenvalue weighted by Gasteiger charge is 2.21. The van der Waals surface area contributed by atoms with Crippen LogP contribution in [-0.4, -0.2) is 24.4 Å². The van der Waals surface area contributed by atoms with E-state index in [4.69, 9.17) is 9.47 Å². The van der Waals surface area contributed by atoms with Gasteiger partial charge >= 0.3 is 0 Å². The van der Waals surface area contributed by atoms with Crippen molar-refractivity contribution < 1.29 is 19.7 Å². The van der Waals surface area contributed by atoms with Gasteiger partial charge in [-0.25, -0.2) is 0 Å². The van der Waals surface area contributed by atoms with Crippen LogP contribution < -0.4 is 0 Å². The average Bonchev–Trinajstić information content (AvgIpc) is 2.71. The van der Waals surface area contributed by atoms with Gasteiger partial charge in [-0.05, 0) is 53.8 Å². The Morgan fingerprint density at radius 2 is 1.14 bits per heavy atom. The van der Waals surface area contributed by atoms with Crippen LogP contribution in [0.5, 0.6) is 11.5 Å². The van der Waals surface area contributed by atoms with Crippen molar-refractivity contribution in [2.45, 2.75) is 33.0 Å². The van der Waals surface area contributed by atoms with Crippen LogP contribution in [0, 0.1) is 13.8 Å². The molecule has 0 heterocycles. The second-order valence-corrected chi connectivity index (χ2v) is 7.40. The lowest BCUT2D eigenvalue weighted by Gasteiger charge is -2.23. The van der Waals surface area contributed by atoms with E-state index in [1.807, 2.05) is 56.3 Å². The molecule has 0 fully saturated rings. The summed E-state index contributed by atoms with van der Waals surface area (Å²) in [6.07, 6.45) is 0. The molecule has 3 rings (SSSR count). The normalized spacial score (nSPS) is 11.2. The Kier molecular flexibility index (Phi) is 6.57. The maximum absolute atomic E-state index is 10.4. The van der Waals surface area contributed by atoms with Gasteiger partial charge in [-0.3, -0.25) is 0 Å². The third-order valence-electron chi connectivity index (χ3n) is 5.20. The third kappa shape index (κ3) is 4.44. The van der Waals surface area contributed by atoms with Gasteiger partial charge in [0.05, 0.1) is 13.2 Å². The molecule has 0 amide bonds. The molecule has 0 saturated heterocycles. The first-order valence-corrected chi connectivity index (χ1v) is 9.63. The van der Waals surface area contributed by atoms with Gasteiger partial charge in [0.15, 0.2) is 0 Å². The SMILES string of the molecule is COCc1cc(C(c2ccccc2)c2cc(C)c(O)c(COC)c2)cc(C)c1O. The van der Waals surface area contributed by atoms with Gasteiger partial charge in [0.1, 0.15) is 11.5 Å². The summed E-state index contributed by atoms with van der Waals surface area (Å²) >= 11 is 0. The topological polar surface area (TPSA) is 58.9 Å². The van der Waals surface area contributed by atoms with E-state index in [9.17, 15) is 10.2 Å². The molecule has 0 aliphatic carbocycles. The monoisotopic (exact) mass is 392 g/mol.